The minimum Gasteiger partial charge on any atom is -0.313 e. The van der Waals surface area contributed by atoms with E-state index in [1.54, 1.807) is 0 Å². The quantitative estimate of drug-likeness (QED) is 0.843. The zero-order chi connectivity index (χ0) is 13.7. The third-order valence-corrected chi connectivity index (χ3v) is 4.14. The molecule has 2 nitrogen and oxygen atoms in total. The number of likely N-dealkylation sites (tertiary alicyclic amines) is 1. The number of nitrogens with zero attached hydrogens (tertiary/aromatic N) is 1. The predicted molar refractivity (Wildman–Crippen MR) is 82.1 cm³/mol. The molecule has 1 N–H and O–H groups in total. The van der Waals surface area contributed by atoms with Gasteiger partial charge in [-0.2, -0.15) is 0 Å². The molecule has 2 heteroatoms. The van der Waals surface area contributed by atoms with E-state index < -0.39 is 0 Å². The maximum absolute atomic E-state index is 3.40. The Balaban J connectivity index is 1.98. The average molecular weight is 260 g/mol. The van der Waals surface area contributed by atoms with Crippen LogP contribution in [0.4, 0.5) is 0 Å². The van der Waals surface area contributed by atoms with Gasteiger partial charge in [0.05, 0.1) is 0 Å². The van der Waals surface area contributed by atoms with E-state index in [-0.39, 0.29) is 0 Å². The van der Waals surface area contributed by atoms with Gasteiger partial charge in [0, 0.05) is 19.1 Å². The lowest BCUT2D eigenvalue weighted by molar-refractivity contribution is 0.199. The minimum absolute atomic E-state index is 0.771. The Morgan fingerprint density at radius 2 is 2.11 bits per heavy atom. The van der Waals surface area contributed by atoms with Gasteiger partial charge in [0.15, 0.2) is 0 Å². The van der Waals surface area contributed by atoms with E-state index in [0.29, 0.717) is 0 Å². The summed E-state index contributed by atoms with van der Waals surface area (Å²) in [5.41, 5.74) is 2.86. The molecule has 2 rings (SSSR count). The Kier molecular flexibility index (Phi) is 5.41. The third-order valence-electron chi connectivity index (χ3n) is 4.14. The van der Waals surface area contributed by atoms with Gasteiger partial charge in [0.2, 0.25) is 0 Å². The zero-order valence-corrected chi connectivity index (χ0v) is 12.7. The van der Waals surface area contributed by atoms with E-state index in [9.17, 15) is 0 Å². The smallest absolute Gasteiger partial charge is 0.0236 e. The summed E-state index contributed by atoms with van der Waals surface area (Å²) in [6, 6.07) is 9.82. The molecule has 1 saturated heterocycles. The van der Waals surface area contributed by atoms with Crippen molar-refractivity contribution in [2.24, 2.45) is 5.92 Å². The largest absolute Gasteiger partial charge is 0.313 e. The van der Waals surface area contributed by atoms with Crippen molar-refractivity contribution in [1.29, 1.82) is 0 Å². The van der Waals surface area contributed by atoms with Crippen LogP contribution in [-0.4, -0.2) is 24.0 Å². The molecule has 0 aromatic heterocycles. The highest BCUT2D eigenvalue weighted by atomic mass is 15.2. The molecule has 0 amide bonds. The van der Waals surface area contributed by atoms with Crippen molar-refractivity contribution in [3.63, 3.8) is 0 Å². The molecular formula is C17H28N2. The van der Waals surface area contributed by atoms with Gasteiger partial charge in [-0.05, 0) is 43.0 Å². The van der Waals surface area contributed by atoms with Gasteiger partial charge in [-0.25, -0.2) is 0 Å². The average Bonchev–Trinajstić information content (AvgIpc) is 2.85. The molecule has 1 fully saturated rings. The van der Waals surface area contributed by atoms with Crippen LogP contribution < -0.4 is 5.32 Å². The van der Waals surface area contributed by atoms with Crippen molar-refractivity contribution in [3.05, 3.63) is 35.4 Å². The third kappa shape index (κ3) is 4.05. The summed E-state index contributed by atoms with van der Waals surface area (Å²) >= 11 is 0. The Morgan fingerprint density at radius 3 is 2.84 bits per heavy atom. The molecule has 1 aliphatic heterocycles. The Labute approximate surface area is 118 Å². The summed E-state index contributed by atoms with van der Waals surface area (Å²) in [7, 11) is 0. The number of hydrogen-bond acceptors (Lipinski definition) is 2. The molecule has 1 atom stereocenters. The lowest BCUT2D eigenvalue weighted by Gasteiger charge is -2.27. The second-order valence-corrected chi connectivity index (χ2v) is 6.02. The molecule has 0 bridgehead atoms. The predicted octanol–water partition coefficient (Wildman–Crippen LogP) is 3.42. The molecule has 1 heterocycles. The van der Waals surface area contributed by atoms with Crippen LogP contribution in [0.2, 0.25) is 0 Å². The highest BCUT2D eigenvalue weighted by Gasteiger charge is 2.26. The van der Waals surface area contributed by atoms with Crippen molar-refractivity contribution in [2.75, 3.05) is 13.1 Å². The van der Waals surface area contributed by atoms with Gasteiger partial charge in [0.1, 0.15) is 0 Å². The van der Waals surface area contributed by atoms with Gasteiger partial charge in [-0.15, -0.1) is 0 Å². The van der Waals surface area contributed by atoms with Crippen molar-refractivity contribution in [3.8, 4) is 0 Å². The molecule has 1 aliphatic rings. The molecule has 0 radical (unpaired) electrons. The summed E-state index contributed by atoms with van der Waals surface area (Å²) in [5, 5.41) is 3.40. The molecule has 0 spiro atoms. The molecule has 19 heavy (non-hydrogen) atoms. The first kappa shape index (κ1) is 14.5. The maximum Gasteiger partial charge on any atom is 0.0236 e. The molecule has 106 valence electrons. The number of hydrogen-bond donors (Lipinski definition) is 1. The Bertz CT molecular complexity index is 387. The monoisotopic (exact) mass is 260 g/mol. The number of rotatable bonds is 6. The van der Waals surface area contributed by atoms with Crippen LogP contribution in [0.3, 0.4) is 0 Å². The second-order valence-electron chi connectivity index (χ2n) is 6.02. The van der Waals surface area contributed by atoms with Crippen molar-refractivity contribution in [1.82, 2.24) is 10.2 Å². The minimum atomic E-state index is 0.771. The molecule has 0 saturated carbocycles. The van der Waals surface area contributed by atoms with Gasteiger partial charge in [-0.1, -0.05) is 45.0 Å². The highest BCUT2D eigenvalue weighted by molar-refractivity contribution is 5.23. The fraction of sp³-hybridized carbons (Fsp3) is 0.647. The molecule has 1 aromatic carbocycles. The van der Waals surface area contributed by atoms with E-state index in [4.69, 9.17) is 0 Å². The number of nitrogens with one attached hydrogen (secondary N) is 1. The molecule has 0 aliphatic carbocycles. The summed E-state index contributed by atoms with van der Waals surface area (Å²) in [6.07, 6.45) is 2.73. The maximum atomic E-state index is 3.40. The van der Waals surface area contributed by atoms with E-state index in [1.807, 2.05) is 0 Å². The topological polar surface area (TPSA) is 15.3 Å². The summed E-state index contributed by atoms with van der Waals surface area (Å²) in [4.78, 5) is 2.66. The van der Waals surface area contributed by atoms with Crippen molar-refractivity contribution < 1.29 is 0 Å². The van der Waals surface area contributed by atoms with Crippen molar-refractivity contribution >= 4 is 0 Å². The first-order valence-electron chi connectivity index (χ1n) is 7.73. The Morgan fingerprint density at radius 1 is 1.32 bits per heavy atom. The standard InChI is InChI=1S/C17H28N2/c1-4-18-12-15-7-5-8-16(11-15)13-19-10-6-9-17(19)14(2)3/h5,7-8,11,14,17-18H,4,6,9-10,12-13H2,1-3H3. The summed E-state index contributed by atoms with van der Waals surface area (Å²) < 4.78 is 0. The molecule has 1 aromatic rings. The van der Waals surface area contributed by atoms with Crippen LogP contribution in [-0.2, 0) is 13.1 Å². The molecular weight excluding hydrogens is 232 g/mol. The van der Waals surface area contributed by atoms with Crippen LogP contribution in [0.5, 0.6) is 0 Å². The van der Waals surface area contributed by atoms with Crippen LogP contribution in [0, 0.1) is 5.92 Å². The van der Waals surface area contributed by atoms with Crippen LogP contribution in [0.15, 0.2) is 24.3 Å². The van der Waals surface area contributed by atoms with Crippen LogP contribution in [0.1, 0.15) is 44.7 Å². The second kappa shape index (κ2) is 7.06. The fourth-order valence-corrected chi connectivity index (χ4v) is 3.15. The normalized spacial score (nSPS) is 20.3. The highest BCUT2D eigenvalue weighted by Crippen LogP contribution is 2.25. The summed E-state index contributed by atoms with van der Waals surface area (Å²) in [6.45, 7) is 11.3. The van der Waals surface area contributed by atoms with E-state index in [2.05, 4.69) is 55.3 Å². The lowest BCUT2D eigenvalue weighted by Crippen LogP contribution is -2.32. The van der Waals surface area contributed by atoms with E-state index in [1.165, 1.54) is 30.5 Å². The van der Waals surface area contributed by atoms with Gasteiger partial charge < -0.3 is 5.32 Å². The van der Waals surface area contributed by atoms with E-state index in [0.717, 1.165) is 31.6 Å². The Hall–Kier alpha value is -0.860. The van der Waals surface area contributed by atoms with Crippen LogP contribution in [0.25, 0.3) is 0 Å². The van der Waals surface area contributed by atoms with Gasteiger partial charge in [0.25, 0.3) is 0 Å². The van der Waals surface area contributed by atoms with Gasteiger partial charge >= 0.3 is 0 Å². The summed E-state index contributed by atoms with van der Waals surface area (Å²) in [5.74, 6) is 0.771. The molecule has 1 unspecified atom stereocenters. The SMILES string of the molecule is CCNCc1cccc(CN2CCCC2C(C)C)c1. The van der Waals surface area contributed by atoms with Gasteiger partial charge in [-0.3, -0.25) is 4.90 Å². The lowest BCUT2D eigenvalue weighted by atomic mass is 10.0. The number of benzene rings is 1. The van der Waals surface area contributed by atoms with E-state index >= 15 is 0 Å². The first-order valence-corrected chi connectivity index (χ1v) is 7.73. The van der Waals surface area contributed by atoms with Crippen LogP contribution >= 0.6 is 0 Å². The first-order chi connectivity index (χ1) is 9.20. The zero-order valence-electron chi connectivity index (χ0n) is 12.7. The fourth-order valence-electron chi connectivity index (χ4n) is 3.15. The van der Waals surface area contributed by atoms with Crippen molar-refractivity contribution in [2.45, 2.75) is 52.7 Å².